The maximum absolute atomic E-state index is 10.5. The second-order valence-electron chi connectivity index (χ2n) is 1.35. The Balaban J connectivity index is 2.98. The number of hydrogen-bond donors (Lipinski definition) is 0. The van der Waals surface area contributed by atoms with Crippen molar-refractivity contribution in [2.75, 3.05) is 0 Å². The monoisotopic (exact) mass is 234 g/mol. The highest BCUT2D eigenvalue weighted by molar-refractivity contribution is 14.1. The molecule has 0 aliphatic rings. The predicted molar refractivity (Wildman–Crippen MR) is 40.4 cm³/mol. The van der Waals surface area contributed by atoms with Gasteiger partial charge in [0.1, 0.15) is 0 Å². The van der Waals surface area contributed by atoms with Crippen molar-refractivity contribution >= 4 is 26.4 Å². The molecule has 1 heterocycles. The Morgan fingerprint density at radius 1 is 1.44 bits per heavy atom. The van der Waals surface area contributed by atoms with Gasteiger partial charge in [-0.2, -0.15) is 0 Å². The quantitative estimate of drug-likeness (QED) is 0.538. The summed E-state index contributed by atoms with van der Waals surface area (Å²) >= 11 is 1.64. The van der Waals surface area contributed by atoms with Gasteiger partial charge in [0.15, 0.2) is 0 Å². The summed E-state index contributed by atoms with van der Waals surface area (Å²) in [5.41, 5.74) is 0. The fraction of sp³-hybridized carbons (Fsp3) is 0. The molecule has 0 bridgehead atoms. The minimum atomic E-state index is -0.131. The van der Waals surface area contributed by atoms with Crippen molar-refractivity contribution < 1.29 is 4.79 Å². The Hall–Kier alpha value is -0.520. The molecular weight excluding hydrogens is 231 g/mol. The van der Waals surface area contributed by atoms with Crippen LogP contribution in [0.1, 0.15) is 10.6 Å². The van der Waals surface area contributed by atoms with Crippen molar-refractivity contribution in [1.82, 2.24) is 9.97 Å². The number of carbonyl (C=O) groups excluding carboxylic acids is 1. The van der Waals surface area contributed by atoms with Crippen molar-refractivity contribution in [2.45, 2.75) is 0 Å². The maximum Gasteiger partial charge on any atom is 0.259 e. The number of hydrogen-bond acceptors (Lipinski definition) is 3. The van der Waals surface area contributed by atoms with Crippen LogP contribution in [0.4, 0.5) is 0 Å². The summed E-state index contributed by atoms with van der Waals surface area (Å²) < 4.78 is -0.131. The van der Waals surface area contributed by atoms with Crippen molar-refractivity contribution in [3.05, 3.63) is 24.3 Å². The number of carbonyl (C=O) groups is 1. The second kappa shape index (κ2) is 2.86. The molecule has 0 radical (unpaired) electrons. The van der Waals surface area contributed by atoms with E-state index in [4.69, 9.17) is 0 Å². The fourth-order valence-electron chi connectivity index (χ4n) is 0.401. The smallest absolute Gasteiger partial charge is 0.259 e. The van der Waals surface area contributed by atoms with Crippen LogP contribution in [0, 0.1) is 0 Å². The van der Waals surface area contributed by atoms with Crippen molar-refractivity contribution in [2.24, 2.45) is 0 Å². The summed E-state index contributed by atoms with van der Waals surface area (Å²) in [5, 5.41) is 0. The Morgan fingerprint density at radius 2 is 2.00 bits per heavy atom. The van der Waals surface area contributed by atoms with Crippen LogP contribution < -0.4 is 0 Å². The highest BCUT2D eigenvalue weighted by Gasteiger charge is 1.99. The summed E-state index contributed by atoms with van der Waals surface area (Å²) in [7, 11) is 0. The zero-order valence-corrected chi connectivity index (χ0v) is 6.57. The molecule has 1 aromatic heterocycles. The van der Waals surface area contributed by atoms with Crippen LogP contribution in [-0.4, -0.2) is 13.8 Å². The SMILES string of the molecule is O=C(I)c1ncccn1. The Kier molecular flexibility index (Phi) is 2.10. The molecule has 0 N–H and O–H groups in total. The fourth-order valence-corrected chi connectivity index (χ4v) is 0.679. The minimum Gasteiger partial charge on any atom is -0.279 e. The van der Waals surface area contributed by atoms with E-state index in [2.05, 4.69) is 9.97 Å². The molecule has 0 atom stereocenters. The molecular formula is C5H3IN2O. The molecule has 46 valence electrons. The lowest BCUT2D eigenvalue weighted by molar-refractivity contribution is 0.109. The van der Waals surface area contributed by atoms with E-state index in [1.165, 1.54) is 0 Å². The van der Waals surface area contributed by atoms with E-state index >= 15 is 0 Å². The van der Waals surface area contributed by atoms with Gasteiger partial charge < -0.3 is 0 Å². The lowest BCUT2D eigenvalue weighted by Crippen LogP contribution is -1.94. The molecule has 3 nitrogen and oxygen atoms in total. The Bertz CT molecular complexity index is 211. The van der Waals surface area contributed by atoms with Gasteiger partial charge in [-0.25, -0.2) is 9.97 Å². The van der Waals surface area contributed by atoms with Gasteiger partial charge in [0.2, 0.25) is 5.82 Å². The van der Waals surface area contributed by atoms with Crippen molar-refractivity contribution in [1.29, 1.82) is 0 Å². The second-order valence-corrected chi connectivity index (χ2v) is 2.33. The third-order valence-corrected chi connectivity index (χ3v) is 1.22. The van der Waals surface area contributed by atoms with E-state index in [9.17, 15) is 4.79 Å². The molecule has 0 saturated heterocycles. The van der Waals surface area contributed by atoms with Crippen LogP contribution in [0.5, 0.6) is 0 Å². The van der Waals surface area contributed by atoms with E-state index in [1.807, 2.05) is 0 Å². The summed E-state index contributed by atoms with van der Waals surface area (Å²) in [4.78, 5) is 17.9. The summed E-state index contributed by atoms with van der Waals surface area (Å²) in [5.74, 6) is 0.262. The van der Waals surface area contributed by atoms with Crippen LogP contribution >= 0.6 is 22.6 Å². The third kappa shape index (κ3) is 1.70. The van der Waals surface area contributed by atoms with Gasteiger partial charge in [-0.3, -0.25) is 4.79 Å². The van der Waals surface area contributed by atoms with Gasteiger partial charge in [-0.1, -0.05) is 0 Å². The topological polar surface area (TPSA) is 42.9 Å². The number of halogens is 1. The summed E-state index contributed by atoms with van der Waals surface area (Å²) in [6.45, 7) is 0. The first kappa shape index (κ1) is 6.60. The minimum absolute atomic E-state index is 0.131. The number of rotatable bonds is 1. The van der Waals surface area contributed by atoms with Gasteiger partial charge in [0.05, 0.1) is 0 Å². The molecule has 0 aliphatic heterocycles. The van der Waals surface area contributed by atoms with Crippen LogP contribution in [0.15, 0.2) is 18.5 Å². The van der Waals surface area contributed by atoms with Gasteiger partial charge in [-0.15, -0.1) is 0 Å². The third-order valence-electron chi connectivity index (χ3n) is 0.742. The van der Waals surface area contributed by atoms with E-state index in [0.29, 0.717) is 0 Å². The zero-order valence-electron chi connectivity index (χ0n) is 4.41. The molecule has 0 saturated carbocycles. The summed E-state index contributed by atoms with van der Waals surface area (Å²) in [6, 6.07) is 1.67. The van der Waals surface area contributed by atoms with Crippen LogP contribution in [0.3, 0.4) is 0 Å². The average molecular weight is 234 g/mol. The van der Waals surface area contributed by atoms with Crippen LogP contribution in [0.25, 0.3) is 0 Å². The number of nitrogens with zero attached hydrogens (tertiary/aromatic N) is 2. The maximum atomic E-state index is 10.5. The standard InChI is InChI=1S/C5H3IN2O/c6-4(9)5-7-2-1-3-8-5/h1-3H. The lowest BCUT2D eigenvalue weighted by atomic mass is 10.6. The van der Waals surface area contributed by atoms with E-state index in [0.717, 1.165) is 0 Å². The molecule has 9 heavy (non-hydrogen) atoms. The summed E-state index contributed by atoms with van der Waals surface area (Å²) in [6.07, 6.45) is 3.08. The van der Waals surface area contributed by atoms with Gasteiger partial charge in [0, 0.05) is 35.0 Å². The molecule has 4 heteroatoms. The first-order chi connectivity index (χ1) is 4.30. The first-order valence-electron chi connectivity index (χ1n) is 2.27. The van der Waals surface area contributed by atoms with E-state index < -0.39 is 0 Å². The number of aromatic nitrogens is 2. The molecule has 0 spiro atoms. The molecule has 0 aromatic carbocycles. The van der Waals surface area contributed by atoms with Gasteiger partial charge >= 0.3 is 0 Å². The van der Waals surface area contributed by atoms with Gasteiger partial charge in [0.25, 0.3) is 3.79 Å². The molecule has 0 amide bonds. The van der Waals surface area contributed by atoms with Gasteiger partial charge in [-0.05, 0) is 6.07 Å². The highest BCUT2D eigenvalue weighted by Crippen LogP contribution is 1.95. The van der Waals surface area contributed by atoms with Crippen molar-refractivity contribution in [3.8, 4) is 0 Å². The molecule has 0 unspecified atom stereocenters. The Labute approximate surface area is 65.7 Å². The van der Waals surface area contributed by atoms with E-state index in [-0.39, 0.29) is 9.61 Å². The lowest BCUT2D eigenvalue weighted by Gasteiger charge is -1.86. The Morgan fingerprint density at radius 3 is 2.33 bits per heavy atom. The normalized spacial score (nSPS) is 9.00. The molecule has 0 fully saturated rings. The zero-order chi connectivity index (χ0) is 6.69. The molecule has 0 aliphatic carbocycles. The van der Waals surface area contributed by atoms with E-state index in [1.54, 1.807) is 41.1 Å². The molecule has 1 rings (SSSR count). The highest BCUT2D eigenvalue weighted by atomic mass is 127. The predicted octanol–water partition coefficient (Wildman–Crippen LogP) is 1.05. The van der Waals surface area contributed by atoms with Crippen LogP contribution in [-0.2, 0) is 0 Å². The largest absolute Gasteiger partial charge is 0.279 e. The van der Waals surface area contributed by atoms with Crippen molar-refractivity contribution in [3.63, 3.8) is 0 Å². The first-order valence-corrected chi connectivity index (χ1v) is 3.35. The van der Waals surface area contributed by atoms with Crippen LogP contribution in [0.2, 0.25) is 0 Å². The molecule has 1 aromatic rings. The average Bonchev–Trinajstić information content (AvgIpc) is 1.90.